The van der Waals surface area contributed by atoms with E-state index in [1.165, 1.54) is 14.0 Å². The number of alkyl halides is 3. The van der Waals surface area contributed by atoms with E-state index in [1.807, 2.05) is 0 Å². The molecular weight excluding hydrogens is 187 g/mol. The van der Waals surface area contributed by atoms with E-state index in [0.29, 0.717) is 6.08 Å². The molecule has 0 fully saturated rings. The fourth-order valence-electron chi connectivity index (χ4n) is 0.652. The summed E-state index contributed by atoms with van der Waals surface area (Å²) in [4.78, 5) is 0. The average molecular weight is 199 g/mol. The molecular formula is C7H12F3NO2. The van der Waals surface area contributed by atoms with Gasteiger partial charge in [-0.1, -0.05) is 0 Å². The van der Waals surface area contributed by atoms with E-state index in [-0.39, 0.29) is 5.76 Å². The summed E-state index contributed by atoms with van der Waals surface area (Å²) in [5.41, 5.74) is 1.82. The molecule has 0 aliphatic carbocycles. The smallest absolute Gasteiger partial charge is 0.422 e. The summed E-state index contributed by atoms with van der Waals surface area (Å²) in [7, 11) is 1.21. The standard InChI is InChI=1S/C7H12F3NO2/c1-5(13-2)3-6(12,4-11)7(8,9)10/h3,12H,4,11H2,1-2H3/b5-3+/t6-/m1/s1. The summed E-state index contributed by atoms with van der Waals surface area (Å²) >= 11 is 0. The van der Waals surface area contributed by atoms with E-state index in [0.717, 1.165) is 0 Å². The van der Waals surface area contributed by atoms with E-state index >= 15 is 0 Å². The predicted molar refractivity (Wildman–Crippen MR) is 40.8 cm³/mol. The Kier molecular flexibility index (Phi) is 3.74. The highest BCUT2D eigenvalue weighted by Gasteiger charge is 2.51. The molecule has 0 aromatic rings. The number of hydrogen-bond donors (Lipinski definition) is 2. The van der Waals surface area contributed by atoms with Gasteiger partial charge in [-0.05, 0) is 13.0 Å². The van der Waals surface area contributed by atoms with Crippen LogP contribution in [0.5, 0.6) is 0 Å². The van der Waals surface area contributed by atoms with E-state index in [4.69, 9.17) is 10.8 Å². The zero-order chi connectivity index (χ0) is 10.7. The molecule has 0 spiro atoms. The van der Waals surface area contributed by atoms with Crippen LogP contribution in [0, 0.1) is 0 Å². The lowest BCUT2D eigenvalue weighted by atomic mass is 10.0. The Morgan fingerprint density at radius 1 is 1.54 bits per heavy atom. The molecule has 78 valence electrons. The Hall–Kier alpha value is -0.750. The maximum Gasteiger partial charge on any atom is 0.422 e. The number of hydrogen-bond acceptors (Lipinski definition) is 3. The summed E-state index contributed by atoms with van der Waals surface area (Å²) in [6, 6.07) is 0. The first-order valence-electron chi connectivity index (χ1n) is 3.49. The third kappa shape index (κ3) is 2.89. The van der Waals surface area contributed by atoms with Crippen LogP contribution in [0.25, 0.3) is 0 Å². The molecule has 0 aliphatic rings. The summed E-state index contributed by atoms with van der Waals surface area (Å²) in [6.45, 7) is 0.365. The van der Waals surface area contributed by atoms with Gasteiger partial charge in [0.2, 0.25) is 0 Å². The van der Waals surface area contributed by atoms with Crippen molar-refractivity contribution in [3.63, 3.8) is 0 Å². The summed E-state index contributed by atoms with van der Waals surface area (Å²) < 4.78 is 41.0. The van der Waals surface area contributed by atoms with Crippen LogP contribution in [0.15, 0.2) is 11.8 Å². The Bertz CT molecular complexity index is 202. The molecule has 0 bridgehead atoms. The van der Waals surface area contributed by atoms with Gasteiger partial charge in [0, 0.05) is 6.54 Å². The number of methoxy groups -OCH3 is 1. The Labute approximate surface area is 74.0 Å². The largest absolute Gasteiger partial charge is 0.502 e. The fraction of sp³-hybridized carbons (Fsp3) is 0.714. The first-order valence-corrected chi connectivity index (χ1v) is 3.49. The van der Waals surface area contributed by atoms with E-state index in [1.54, 1.807) is 0 Å². The molecule has 0 saturated carbocycles. The number of nitrogens with two attached hydrogens (primary N) is 1. The predicted octanol–water partition coefficient (Wildman–Crippen LogP) is 0.789. The van der Waals surface area contributed by atoms with Crippen molar-refractivity contribution in [2.24, 2.45) is 5.73 Å². The van der Waals surface area contributed by atoms with Crippen molar-refractivity contribution in [1.82, 2.24) is 0 Å². The third-order valence-electron chi connectivity index (χ3n) is 1.57. The molecule has 0 unspecified atom stereocenters. The molecule has 0 radical (unpaired) electrons. The number of halogens is 3. The monoisotopic (exact) mass is 199 g/mol. The van der Waals surface area contributed by atoms with E-state index < -0.39 is 18.3 Å². The average Bonchev–Trinajstić information content (AvgIpc) is 2.02. The van der Waals surface area contributed by atoms with E-state index in [9.17, 15) is 13.2 Å². The van der Waals surface area contributed by atoms with Crippen LogP contribution in [0.1, 0.15) is 6.92 Å². The first kappa shape index (κ1) is 12.2. The van der Waals surface area contributed by atoms with Gasteiger partial charge in [-0.2, -0.15) is 13.2 Å². The van der Waals surface area contributed by atoms with Crippen LogP contribution >= 0.6 is 0 Å². The molecule has 3 nitrogen and oxygen atoms in total. The van der Waals surface area contributed by atoms with E-state index in [2.05, 4.69) is 4.74 Å². The van der Waals surface area contributed by atoms with Crippen LogP contribution in [-0.4, -0.2) is 30.5 Å². The van der Waals surface area contributed by atoms with Crippen LogP contribution in [-0.2, 0) is 4.74 Å². The maximum atomic E-state index is 12.2. The molecule has 1 atom stereocenters. The van der Waals surface area contributed by atoms with Gasteiger partial charge in [0.25, 0.3) is 0 Å². The van der Waals surface area contributed by atoms with Gasteiger partial charge in [-0.3, -0.25) is 0 Å². The van der Waals surface area contributed by atoms with Crippen molar-refractivity contribution in [2.75, 3.05) is 13.7 Å². The maximum absolute atomic E-state index is 12.2. The lowest BCUT2D eigenvalue weighted by Gasteiger charge is -2.26. The van der Waals surface area contributed by atoms with Crippen molar-refractivity contribution in [3.8, 4) is 0 Å². The number of rotatable bonds is 3. The minimum absolute atomic E-state index is 0.0368. The SMILES string of the molecule is CO/C(C)=C/[C@@](O)(CN)C(F)(F)F. The fourth-order valence-corrected chi connectivity index (χ4v) is 0.652. The lowest BCUT2D eigenvalue weighted by molar-refractivity contribution is -0.236. The summed E-state index contributed by atoms with van der Waals surface area (Å²) in [5.74, 6) is -0.0368. The van der Waals surface area contributed by atoms with Gasteiger partial charge >= 0.3 is 6.18 Å². The topological polar surface area (TPSA) is 55.5 Å². The molecule has 0 heterocycles. The van der Waals surface area contributed by atoms with Crippen molar-refractivity contribution >= 4 is 0 Å². The zero-order valence-electron chi connectivity index (χ0n) is 7.35. The molecule has 6 heteroatoms. The minimum atomic E-state index is -4.79. The molecule has 0 aromatic heterocycles. The van der Waals surface area contributed by atoms with Gasteiger partial charge in [-0.15, -0.1) is 0 Å². The van der Waals surface area contributed by atoms with Gasteiger partial charge < -0.3 is 15.6 Å². The second-order valence-electron chi connectivity index (χ2n) is 2.59. The molecule has 0 amide bonds. The van der Waals surface area contributed by atoms with Crippen molar-refractivity contribution in [2.45, 2.75) is 18.7 Å². The molecule has 0 rings (SSSR count). The van der Waals surface area contributed by atoms with Crippen LogP contribution < -0.4 is 5.73 Å². The Morgan fingerprint density at radius 3 is 2.23 bits per heavy atom. The number of aliphatic hydroxyl groups is 1. The normalized spacial score (nSPS) is 18.2. The van der Waals surface area contributed by atoms with Crippen molar-refractivity contribution in [1.29, 1.82) is 0 Å². The van der Waals surface area contributed by atoms with Gasteiger partial charge in [0.15, 0.2) is 5.60 Å². The minimum Gasteiger partial charge on any atom is -0.502 e. The van der Waals surface area contributed by atoms with Crippen molar-refractivity contribution in [3.05, 3.63) is 11.8 Å². The third-order valence-corrected chi connectivity index (χ3v) is 1.57. The molecule has 3 N–H and O–H groups in total. The van der Waals surface area contributed by atoms with Gasteiger partial charge in [0.1, 0.15) is 0 Å². The first-order chi connectivity index (χ1) is 5.77. The highest BCUT2D eigenvalue weighted by Crippen LogP contribution is 2.31. The zero-order valence-corrected chi connectivity index (χ0v) is 7.35. The highest BCUT2D eigenvalue weighted by molar-refractivity contribution is 5.09. The molecule has 0 aromatic carbocycles. The second-order valence-corrected chi connectivity index (χ2v) is 2.59. The van der Waals surface area contributed by atoms with Gasteiger partial charge in [0.05, 0.1) is 12.9 Å². The van der Waals surface area contributed by atoms with Crippen LogP contribution in [0.2, 0.25) is 0 Å². The quantitative estimate of drug-likeness (QED) is 0.660. The van der Waals surface area contributed by atoms with Crippen LogP contribution in [0.3, 0.4) is 0 Å². The number of allylic oxidation sites excluding steroid dienone is 1. The molecule has 0 aliphatic heterocycles. The highest BCUT2D eigenvalue weighted by atomic mass is 19.4. The number of ether oxygens (including phenoxy) is 1. The van der Waals surface area contributed by atoms with Crippen molar-refractivity contribution < 1.29 is 23.0 Å². The summed E-state index contributed by atoms with van der Waals surface area (Å²) in [6.07, 6.45) is -4.24. The molecule has 0 saturated heterocycles. The second kappa shape index (κ2) is 3.97. The lowest BCUT2D eigenvalue weighted by Crippen LogP contribution is -2.49. The Morgan fingerprint density at radius 2 is 2.00 bits per heavy atom. The van der Waals surface area contributed by atoms with Gasteiger partial charge in [-0.25, -0.2) is 0 Å². The Balaban J connectivity index is 4.86. The summed E-state index contributed by atoms with van der Waals surface area (Å²) in [5, 5.41) is 9.05. The van der Waals surface area contributed by atoms with Crippen LogP contribution in [0.4, 0.5) is 13.2 Å². The molecule has 13 heavy (non-hydrogen) atoms.